The minimum Gasteiger partial charge on any atom is -0.490 e. The van der Waals surface area contributed by atoms with E-state index in [1.807, 2.05) is 25.1 Å². The molecule has 3 rings (SSSR count). The lowest BCUT2D eigenvalue weighted by atomic mass is 10.1. The molecule has 0 saturated carbocycles. The van der Waals surface area contributed by atoms with Crippen molar-refractivity contribution in [3.05, 3.63) is 87.1 Å². The number of rotatable bonds is 10. The Balaban J connectivity index is 1.65. The topological polar surface area (TPSA) is 89.0 Å². The number of ether oxygens (including phenoxy) is 2. The molecular weight excluding hydrogens is 553 g/mol. The highest BCUT2D eigenvalue weighted by molar-refractivity contribution is 9.10. The van der Waals surface area contributed by atoms with Crippen LogP contribution in [0.15, 0.2) is 70.2 Å². The predicted octanol–water partition coefficient (Wildman–Crippen LogP) is 5.94. The number of hydrogen-bond acceptors (Lipinski definition) is 5. The van der Waals surface area contributed by atoms with Crippen molar-refractivity contribution >= 4 is 51.2 Å². The Hall–Kier alpha value is -3.43. The van der Waals surface area contributed by atoms with Gasteiger partial charge in [0.05, 0.1) is 23.0 Å². The number of halogens is 3. The zero-order valence-electron chi connectivity index (χ0n) is 19.6. The van der Waals surface area contributed by atoms with Gasteiger partial charge in [-0.05, 0) is 65.7 Å². The van der Waals surface area contributed by atoms with Crippen molar-refractivity contribution in [2.75, 3.05) is 11.9 Å². The van der Waals surface area contributed by atoms with Crippen LogP contribution < -0.4 is 20.2 Å². The average Bonchev–Trinajstić information content (AvgIpc) is 2.85. The largest absolute Gasteiger partial charge is 0.490 e. The minimum atomic E-state index is -1.10. The summed E-state index contributed by atoms with van der Waals surface area (Å²) in [5, 5.41) is 6.92. The van der Waals surface area contributed by atoms with Crippen LogP contribution in [0.2, 0.25) is 5.02 Å². The van der Waals surface area contributed by atoms with E-state index in [4.69, 9.17) is 21.1 Å². The predicted molar refractivity (Wildman–Crippen MR) is 141 cm³/mol. The molecule has 1 unspecified atom stereocenters. The molecule has 36 heavy (non-hydrogen) atoms. The second-order valence-corrected chi connectivity index (χ2v) is 8.83. The summed E-state index contributed by atoms with van der Waals surface area (Å²) in [5.74, 6) is -2.03. The molecule has 0 saturated heterocycles. The first-order chi connectivity index (χ1) is 17.3. The molecule has 0 bridgehead atoms. The Morgan fingerprint density at radius 3 is 2.56 bits per heavy atom. The third-order valence-corrected chi connectivity index (χ3v) is 5.93. The second-order valence-electron chi connectivity index (χ2n) is 7.57. The van der Waals surface area contributed by atoms with Crippen molar-refractivity contribution < 1.29 is 23.5 Å². The van der Waals surface area contributed by atoms with E-state index in [0.717, 1.165) is 5.56 Å². The molecule has 0 aliphatic carbocycles. The zero-order chi connectivity index (χ0) is 26.1. The van der Waals surface area contributed by atoms with Gasteiger partial charge < -0.3 is 14.8 Å². The first-order valence-electron chi connectivity index (χ1n) is 11.0. The lowest BCUT2D eigenvalue weighted by Crippen LogP contribution is -2.34. The van der Waals surface area contributed by atoms with Crippen LogP contribution in [0.5, 0.6) is 11.5 Å². The number of hydrogen-bond donors (Lipinski definition) is 2. The average molecular weight is 577 g/mol. The summed E-state index contributed by atoms with van der Waals surface area (Å²) in [6, 6.07) is 16.5. The third kappa shape index (κ3) is 7.29. The van der Waals surface area contributed by atoms with E-state index < -0.39 is 23.5 Å². The van der Waals surface area contributed by atoms with Crippen molar-refractivity contribution in [1.29, 1.82) is 0 Å². The Kier molecular flexibility index (Phi) is 9.84. The van der Waals surface area contributed by atoms with Gasteiger partial charge in [0.1, 0.15) is 18.3 Å². The SMILES string of the molecule is CCOc1cc(C=NNC(=O)C(C)C(=O)Nc2ccccc2F)cc(Br)c1OCc1ccccc1Cl. The maximum atomic E-state index is 13.7. The number of hydrazone groups is 1. The highest BCUT2D eigenvalue weighted by Crippen LogP contribution is 2.37. The summed E-state index contributed by atoms with van der Waals surface area (Å²) < 4.78 is 26.0. The molecule has 0 fully saturated rings. The first kappa shape index (κ1) is 27.2. The van der Waals surface area contributed by atoms with Crippen molar-refractivity contribution in [2.24, 2.45) is 11.0 Å². The number of benzene rings is 3. The molecule has 0 aromatic heterocycles. The first-order valence-corrected chi connectivity index (χ1v) is 12.2. The van der Waals surface area contributed by atoms with Gasteiger partial charge in [0, 0.05) is 10.6 Å². The monoisotopic (exact) mass is 575 g/mol. The summed E-state index contributed by atoms with van der Waals surface area (Å²) in [5.41, 5.74) is 3.76. The zero-order valence-corrected chi connectivity index (χ0v) is 21.9. The van der Waals surface area contributed by atoms with Crippen LogP contribution in [0, 0.1) is 11.7 Å². The highest BCUT2D eigenvalue weighted by Gasteiger charge is 2.22. The molecule has 0 spiro atoms. The van der Waals surface area contributed by atoms with Gasteiger partial charge in [-0.1, -0.05) is 41.9 Å². The summed E-state index contributed by atoms with van der Waals surface area (Å²) in [4.78, 5) is 24.6. The van der Waals surface area contributed by atoms with Gasteiger partial charge in [-0.15, -0.1) is 0 Å². The van der Waals surface area contributed by atoms with Crippen molar-refractivity contribution in [3.8, 4) is 11.5 Å². The van der Waals surface area contributed by atoms with E-state index in [2.05, 4.69) is 31.8 Å². The molecule has 10 heteroatoms. The Morgan fingerprint density at radius 2 is 1.83 bits per heavy atom. The molecule has 188 valence electrons. The van der Waals surface area contributed by atoms with Crippen LogP contribution >= 0.6 is 27.5 Å². The molecule has 2 amide bonds. The number of anilines is 1. The van der Waals surface area contributed by atoms with Crippen LogP contribution in [-0.2, 0) is 16.2 Å². The second kappa shape index (κ2) is 13.0. The molecular formula is C26H24BrClFN3O4. The fraction of sp³-hybridized carbons (Fsp3) is 0.192. The van der Waals surface area contributed by atoms with Crippen molar-refractivity contribution in [3.63, 3.8) is 0 Å². The van der Waals surface area contributed by atoms with Crippen LogP contribution in [0.25, 0.3) is 0 Å². The maximum absolute atomic E-state index is 13.7. The Labute approximate surface area is 221 Å². The number of para-hydroxylation sites is 1. The van der Waals surface area contributed by atoms with Crippen LogP contribution in [0.4, 0.5) is 10.1 Å². The standard InChI is InChI=1S/C26H24BrClFN3O4/c1-3-35-23-13-17(12-19(27)24(23)36-15-18-8-4-5-9-20(18)28)14-30-32-26(34)16(2)25(33)31-22-11-7-6-10-21(22)29/h4-14,16H,3,15H2,1-2H3,(H,31,33)(H,32,34). The summed E-state index contributed by atoms with van der Waals surface area (Å²) in [7, 11) is 0. The Morgan fingerprint density at radius 1 is 1.11 bits per heavy atom. The molecule has 0 radical (unpaired) electrons. The van der Waals surface area contributed by atoms with Crippen molar-refractivity contribution in [2.45, 2.75) is 20.5 Å². The normalized spacial score (nSPS) is 11.7. The molecule has 0 heterocycles. The van der Waals surface area contributed by atoms with E-state index in [0.29, 0.717) is 33.2 Å². The lowest BCUT2D eigenvalue weighted by Gasteiger charge is -2.15. The quantitative estimate of drug-likeness (QED) is 0.178. The molecule has 3 aromatic carbocycles. The van der Waals surface area contributed by atoms with Crippen molar-refractivity contribution in [1.82, 2.24) is 5.43 Å². The molecule has 2 N–H and O–H groups in total. The number of carbonyl (C=O) groups excluding carboxylic acids is 2. The number of nitrogens with zero attached hydrogens (tertiary/aromatic N) is 1. The summed E-state index contributed by atoms with van der Waals surface area (Å²) in [6.45, 7) is 3.89. The minimum absolute atomic E-state index is 0.00389. The van der Waals surface area contributed by atoms with E-state index in [9.17, 15) is 14.0 Å². The molecule has 3 aromatic rings. The van der Waals surface area contributed by atoms with Gasteiger partial charge in [-0.3, -0.25) is 9.59 Å². The molecule has 1 atom stereocenters. The fourth-order valence-corrected chi connectivity index (χ4v) is 3.79. The summed E-state index contributed by atoms with van der Waals surface area (Å²) >= 11 is 9.70. The van der Waals surface area contributed by atoms with Crippen LogP contribution in [-0.4, -0.2) is 24.6 Å². The molecule has 0 aliphatic heterocycles. The van der Waals surface area contributed by atoms with E-state index in [1.54, 1.807) is 24.3 Å². The fourth-order valence-electron chi connectivity index (χ4n) is 3.02. The van der Waals surface area contributed by atoms with E-state index >= 15 is 0 Å². The van der Waals surface area contributed by atoms with Gasteiger partial charge in [0.15, 0.2) is 11.5 Å². The lowest BCUT2D eigenvalue weighted by molar-refractivity contribution is -0.131. The van der Waals surface area contributed by atoms with Gasteiger partial charge in [0.2, 0.25) is 5.91 Å². The number of nitrogens with one attached hydrogen (secondary N) is 2. The molecule has 7 nitrogen and oxygen atoms in total. The van der Waals surface area contributed by atoms with Gasteiger partial charge in [-0.2, -0.15) is 5.10 Å². The van der Waals surface area contributed by atoms with Crippen LogP contribution in [0.3, 0.4) is 0 Å². The van der Waals surface area contributed by atoms with E-state index in [1.165, 1.54) is 31.3 Å². The summed E-state index contributed by atoms with van der Waals surface area (Å²) in [6.07, 6.45) is 1.41. The molecule has 0 aliphatic rings. The maximum Gasteiger partial charge on any atom is 0.252 e. The third-order valence-electron chi connectivity index (χ3n) is 4.97. The van der Waals surface area contributed by atoms with Gasteiger partial charge in [0.25, 0.3) is 5.91 Å². The highest BCUT2D eigenvalue weighted by atomic mass is 79.9. The smallest absolute Gasteiger partial charge is 0.252 e. The Bertz CT molecular complexity index is 1270. The van der Waals surface area contributed by atoms with Gasteiger partial charge >= 0.3 is 0 Å². The number of carbonyl (C=O) groups is 2. The van der Waals surface area contributed by atoms with Gasteiger partial charge in [-0.25, -0.2) is 9.82 Å². The van der Waals surface area contributed by atoms with E-state index in [-0.39, 0.29) is 12.3 Å². The number of amides is 2. The van der Waals surface area contributed by atoms with Crippen LogP contribution in [0.1, 0.15) is 25.0 Å².